The molecule has 1 atom stereocenters. The molecule has 92 valence electrons. The first kappa shape index (κ1) is 10.8. The van der Waals surface area contributed by atoms with Gasteiger partial charge in [-0.15, -0.1) is 8.78 Å². The molecule has 1 saturated carbocycles. The topological polar surface area (TPSA) is 44.5 Å². The summed E-state index contributed by atoms with van der Waals surface area (Å²) < 4.78 is 34.8. The minimum absolute atomic E-state index is 0.0683. The van der Waals surface area contributed by atoms with E-state index in [1.54, 1.807) is 12.1 Å². The molecule has 1 aromatic rings. The zero-order chi connectivity index (χ0) is 12.0. The van der Waals surface area contributed by atoms with Crippen molar-refractivity contribution in [2.75, 3.05) is 0 Å². The van der Waals surface area contributed by atoms with E-state index < -0.39 is 6.29 Å². The fraction of sp³-hybridized carbons (Fsp3) is 0.500. The Morgan fingerprint density at radius 3 is 2.82 bits per heavy atom. The minimum Gasteiger partial charge on any atom is -0.395 e. The van der Waals surface area contributed by atoms with Crippen LogP contribution < -0.4 is 15.2 Å². The van der Waals surface area contributed by atoms with Crippen LogP contribution in [0.4, 0.5) is 8.78 Å². The number of benzene rings is 1. The second-order valence-electron chi connectivity index (χ2n) is 4.63. The van der Waals surface area contributed by atoms with Crippen molar-refractivity contribution in [1.82, 2.24) is 0 Å². The number of para-hydroxylation sites is 1. The Bertz CT molecular complexity index is 446. The van der Waals surface area contributed by atoms with Gasteiger partial charge in [-0.2, -0.15) is 0 Å². The van der Waals surface area contributed by atoms with Crippen LogP contribution in [-0.2, 0) is 0 Å². The Hall–Kier alpha value is -1.36. The smallest absolute Gasteiger partial charge is 0.395 e. The maximum atomic E-state index is 13.0. The highest BCUT2D eigenvalue weighted by Gasteiger charge is 2.45. The van der Waals surface area contributed by atoms with Crippen molar-refractivity contribution in [3.05, 3.63) is 23.8 Å². The van der Waals surface area contributed by atoms with Crippen LogP contribution in [0.2, 0.25) is 0 Å². The summed E-state index contributed by atoms with van der Waals surface area (Å²) >= 11 is 0. The van der Waals surface area contributed by atoms with Gasteiger partial charge in [0.2, 0.25) is 0 Å². The van der Waals surface area contributed by atoms with E-state index in [2.05, 4.69) is 9.47 Å². The lowest BCUT2D eigenvalue weighted by molar-refractivity contribution is -0.287. The van der Waals surface area contributed by atoms with Crippen LogP contribution in [0.3, 0.4) is 0 Å². The van der Waals surface area contributed by atoms with E-state index in [0.717, 1.165) is 6.42 Å². The summed E-state index contributed by atoms with van der Waals surface area (Å²) in [5.74, 6) is 0.785. The van der Waals surface area contributed by atoms with Crippen LogP contribution in [0, 0.1) is 5.92 Å². The van der Waals surface area contributed by atoms with Gasteiger partial charge < -0.3 is 15.2 Å². The van der Waals surface area contributed by atoms with Crippen LogP contribution in [0.15, 0.2) is 18.2 Å². The highest BCUT2D eigenvalue weighted by atomic mass is 19.3. The van der Waals surface area contributed by atoms with Gasteiger partial charge in [-0.3, -0.25) is 0 Å². The highest BCUT2D eigenvalue weighted by molar-refractivity contribution is 5.50. The molecule has 5 heteroatoms. The summed E-state index contributed by atoms with van der Waals surface area (Å²) in [5, 5.41) is 0. The lowest BCUT2D eigenvalue weighted by Crippen LogP contribution is -2.26. The number of rotatable bonds is 3. The third kappa shape index (κ3) is 2.07. The summed E-state index contributed by atoms with van der Waals surface area (Å²) in [5.41, 5.74) is 6.62. The molecular weight excluding hydrogens is 228 g/mol. The lowest BCUT2D eigenvalue weighted by Gasteiger charge is -2.13. The van der Waals surface area contributed by atoms with Crippen molar-refractivity contribution < 1.29 is 18.3 Å². The van der Waals surface area contributed by atoms with Crippen LogP contribution >= 0.6 is 0 Å². The Morgan fingerprint density at radius 1 is 1.35 bits per heavy atom. The number of ether oxygens (including phenoxy) is 2. The van der Waals surface area contributed by atoms with Crippen molar-refractivity contribution in [2.45, 2.75) is 31.6 Å². The first-order chi connectivity index (χ1) is 8.05. The minimum atomic E-state index is -3.57. The summed E-state index contributed by atoms with van der Waals surface area (Å²) in [6.07, 6.45) is -0.407. The van der Waals surface area contributed by atoms with E-state index in [-0.39, 0.29) is 17.5 Å². The lowest BCUT2D eigenvalue weighted by atomic mass is 10.0. The van der Waals surface area contributed by atoms with Crippen LogP contribution in [0.25, 0.3) is 0 Å². The molecule has 0 aromatic heterocycles. The van der Waals surface area contributed by atoms with Crippen molar-refractivity contribution in [2.24, 2.45) is 11.7 Å². The predicted octanol–water partition coefficient (Wildman–Crippen LogP) is 2.81. The van der Waals surface area contributed by atoms with Crippen molar-refractivity contribution in [1.29, 1.82) is 0 Å². The Morgan fingerprint density at radius 2 is 2.12 bits per heavy atom. The summed E-state index contributed by atoms with van der Waals surface area (Å²) in [6.45, 7) is 0. The van der Waals surface area contributed by atoms with Gasteiger partial charge in [-0.25, -0.2) is 0 Å². The normalized spacial score (nSPS) is 22.5. The molecule has 1 fully saturated rings. The molecule has 0 unspecified atom stereocenters. The Balaban J connectivity index is 1.88. The maximum absolute atomic E-state index is 13.0. The highest BCUT2D eigenvalue weighted by Crippen LogP contribution is 2.46. The van der Waals surface area contributed by atoms with Gasteiger partial charge in [-0.1, -0.05) is 25.0 Å². The van der Waals surface area contributed by atoms with Crippen molar-refractivity contribution >= 4 is 0 Å². The van der Waals surface area contributed by atoms with Gasteiger partial charge in [0.25, 0.3) is 0 Å². The van der Waals surface area contributed by atoms with Gasteiger partial charge in [-0.05, 0) is 18.4 Å². The van der Waals surface area contributed by atoms with Gasteiger partial charge in [0, 0.05) is 11.6 Å². The number of fused-ring (bicyclic) bond motifs is 1. The molecule has 1 aliphatic carbocycles. The molecule has 3 nitrogen and oxygen atoms in total. The standard InChI is InChI=1S/C12H13F2NO2/c13-12(14)16-10-3-1-2-8(11(10)17-12)9(15)6-7-4-5-7/h1-3,7,9H,4-6,15H2/t9-/m1/s1. The van der Waals surface area contributed by atoms with Gasteiger partial charge >= 0.3 is 6.29 Å². The van der Waals surface area contributed by atoms with Crippen LogP contribution in [-0.4, -0.2) is 6.29 Å². The molecule has 0 saturated heterocycles. The fourth-order valence-corrected chi connectivity index (χ4v) is 2.12. The van der Waals surface area contributed by atoms with Crippen LogP contribution in [0.5, 0.6) is 11.5 Å². The third-order valence-corrected chi connectivity index (χ3v) is 3.14. The average molecular weight is 241 g/mol. The zero-order valence-corrected chi connectivity index (χ0v) is 9.16. The van der Waals surface area contributed by atoms with Gasteiger partial charge in [0.15, 0.2) is 11.5 Å². The first-order valence-corrected chi connectivity index (χ1v) is 5.69. The molecule has 1 aromatic carbocycles. The average Bonchev–Trinajstić information content (AvgIpc) is 2.97. The number of hydrogen-bond donors (Lipinski definition) is 1. The molecule has 0 radical (unpaired) electrons. The number of nitrogens with two attached hydrogens (primary N) is 1. The predicted molar refractivity (Wildman–Crippen MR) is 56.9 cm³/mol. The largest absolute Gasteiger partial charge is 0.586 e. The molecule has 2 N–H and O–H groups in total. The van der Waals surface area contributed by atoms with Gasteiger partial charge in [0.1, 0.15) is 0 Å². The SMILES string of the molecule is N[C@H](CC1CC1)c1cccc2c1OC(F)(F)O2. The molecule has 0 bridgehead atoms. The van der Waals surface area contributed by atoms with Crippen LogP contribution in [0.1, 0.15) is 30.9 Å². The molecule has 2 aliphatic rings. The molecular formula is C12H13F2NO2. The second-order valence-corrected chi connectivity index (χ2v) is 4.63. The molecule has 1 heterocycles. The zero-order valence-electron chi connectivity index (χ0n) is 9.16. The number of halogens is 2. The molecule has 3 rings (SSSR count). The number of alkyl halides is 2. The summed E-state index contributed by atoms with van der Waals surface area (Å²) in [7, 11) is 0. The summed E-state index contributed by atoms with van der Waals surface area (Å²) in [6, 6.07) is 4.57. The second kappa shape index (κ2) is 3.57. The van der Waals surface area contributed by atoms with E-state index in [0.29, 0.717) is 11.5 Å². The quantitative estimate of drug-likeness (QED) is 0.885. The molecule has 0 spiro atoms. The fourth-order valence-electron chi connectivity index (χ4n) is 2.12. The first-order valence-electron chi connectivity index (χ1n) is 5.69. The van der Waals surface area contributed by atoms with Gasteiger partial charge in [0.05, 0.1) is 0 Å². The van der Waals surface area contributed by atoms with Crippen molar-refractivity contribution in [3.63, 3.8) is 0 Å². The Labute approximate surface area is 97.5 Å². The maximum Gasteiger partial charge on any atom is 0.586 e. The molecule has 0 amide bonds. The third-order valence-electron chi connectivity index (χ3n) is 3.14. The van der Waals surface area contributed by atoms with E-state index >= 15 is 0 Å². The number of hydrogen-bond acceptors (Lipinski definition) is 3. The Kier molecular flexibility index (Phi) is 2.26. The van der Waals surface area contributed by atoms with E-state index in [1.807, 2.05) is 0 Å². The van der Waals surface area contributed by atoms with Crippen molar-refractivity contribution in [3.8, 4) is 11.5 Å². The van der Waals surface area contributed by atoms with E-state index in [4.69, 9.17) is 5.73 Å². The molecule has 1 aliphatic heterocycles. The van der Waals surface area contributed by atoms with E-state index in [1.165, 1.54) is 18.9 Å². The monoisotopic (exact) mass is 241 g/mol. The molecule has 17 heavy (non-hydrogen) atoms. The van der Waals surface area contributed by atoms with E-state index in [9.17, 15) is 8.78 Å². The summed E-state index contributed by atoms with van der Waals surface area (Å²) in [4.78, 5) is 0.